The molecule has 2 rings (SSSR count). The smallest absolute Gasteiger partial charge is 0.0320 e. The van der Waals surface area contributed by atoms with E-state index in [-0.39, 0.29) is 0 Å². The highest BCUT2D eigenvalue weighted by molar-refractivity contribution is 5.89. The van der Waals surface area contributed by atoms with Crippen molar-refractivity contribution in [1.82, 2.24) is 0 Å². The van der Waals surface area contributed by atoms with Crippen LogP contribution in [0.15, 0.2) is 67.3 Å². The van der Waals surface area contributed by atoms with Gasteiger partial charge in [-0.1, -0.05) is 49.1 Å². The molecule has 2 aromatic carbocycles. The number of rotatable bonds is 3. The predicted octanol–water partition coefficient (Wildman–Crippen LogP) is 4.57. The maximum Gasteiger partial charge on any atom is 0.0320 e. The molecule has 0 atom stereocenters. The molecule has 2 aromatic rings. The van der Waals surface area contributed by atoms with E-state index in [0.717, 1.165) is 16.6 Å². The third-order valence-corrected chi connectivity index (χ3v) is 2.89. The van der Waals surface area contributed by atoms with Gasteiger partial charge in [0.2, 0.25) is 0 Å². The van der Waals surface area contributed by atoms with Crippen LogP contribution in [0.3, 0.4) is 0 Å². The summed E-state index contributed by atoms with van der Waals surface area (Å²) in [6.45, 7) is 5.86. The molecule has 0 radical (unpaired) electrons. The summed E-state index contributed by atoms with van der Waals surface area (Å²) in [5, 5.41) is 2.35. The molecule has 0 aliphatic heterocycles. The molecule has 1 nitrogen and oxygen atoms in total. The molecule has 0 unspecified atom stereocenters. The highest BCUT2D eigenvalue weighted by Gasteiger charge is 1.99. The zero-order valence-corrected chi connectivity index (χ0v) is 10.6. The Balaban J connectivity index is 2.52. The molecule has 0 saturated heterocycles. The maximum atomic E-state index is 5.78. The highest BCUT2D eigenvalue weighted by Crippen LogP contribution is 2.23. The van der Waals surface area contributed by atoms with Crippen molar-refractivity contribution in [3.05, 3.63) is 72.8 Å². The number of hydrogen-bond donors (Lipinski definition) is 1. The number of nitrogens with two attached hydrogens (primary N) is 1. The van der Waals surface area contributed by atoms with E-state index in [2.05, 4.69) is 30.9 Å². The molecule has 0 aliphatic rings. The number of fused-ring (bicyclic) bond motifs is 1. The minimum Gasteiger partial charge on any atom is -0.399 e. The second-order valence-electron chi connectivity index (χ2n) is 4.17. The van der Waals surface area contributed by atoms with Crippen molar-refractivity contribution in [1.29, 1.82) is 0 Å². The molecule has 2 N–H and O–H groups in total. The third-order valence-electron chi connectivity index (χ3n) is 2.89. The van der Waals surface area contributed by atoms with Gasteiger partial charge in [-0.3, -0.25) is 0 Å². The third kappa shape index (κ3) is 2.51. The fraction of sp³-hybridized carbons (Fsp3) is 0.0588. The van der Waals surface area contributed by atoms with Crippen LogP contribution in [-0.4, -0.2) is 0 Å². The van der Waals surface area contributed by atoms with E-state index < -0.39 is 0 Å². The first kappa shape index (κ1) is 12.2. The van der Waals surface area contributed by atoms with E-state index in [0.29, 0.717) is 0 Å². The predicted molar refractivity (Wildman–Crippen MR) is 81.3 cm³/mol. The summed E-state index contributed by atoms with van der Waals surface area (Å²) in [7, 11) is 0. The molecule has 0 bridgehead atoms. The molecule has 90 valence electrons. The number of allylic oxidation sites excluding steroid dienone is 5. The van der Waals surface area contributed by atoms with Crippen molar-refractivity contribution in [2.75, 3.05) is 5.73 Å². The minimum absolute atomic E-state index is 0.795. The zero-order chi connectivity index (χ0) is 13.0. The van der Waals surface area contributed by atoms with Crippen LogP contribution in [0.2, 0.25) is 0 Å². The first-order valence-corrected chi connectivity index (χ1v) is 5.99. The van der Waals surface area contributed by atoms with Crippen molar-refractivity contribution in [3.63, 3.8) is 0 Å². The average molecular weight is 235 g/mol. The summed E-state index contributed by atoms with van der Waals surface area (Å²) in [6, 6.07) is 12.3. The van der Waals surface area contributed by atoms with Crippen LogP contribution in [-0.2, 0) is 0 Å². The van der Waals surface area contributed by atoms with Gasteiger partial charge in [0.05, 0.1) is 0 Å². The fourth-order valence-electron chi connectivity index (χ4n) is 1.93. The molecule has 1 heteroatoms. The van der Waals surface area contributed by atoms with Gasteiger partial charge in [0.15, 0.2) is 0 Å². The van der Waals surface area contributed by atoms with Gasteiger partial charge in [0, 0.05) is 5.69 Å². The molecule has 0 amide bonds. The molecule has 0 saturated carbocycles. The topological polar surface area (TPSA) is 26.0 Å². The Bertz CT molecular complexity index is 633. The van der Waals surface area contributed by atoms with Crippen LogP contribution < -0.4 is 5.73 Å². The highest BCUT2D eigenvalue weighted by atomic mass is 14.5. The molecular weight excluding hydrogens is 218 g/mol. The summed E-state index contributed by atoms with van der Waals surface area (Å²) in [4.78, 5) is 0. The summed E-state index contributed by atoms with van der Waals surface area (Å²) < 4.78 is 0. The SMILES string of the molecule is C=C/C(=C\C=C/C)c1ccc2cc(N)ccc2c1. The standard InChI is InChI=1S/C17H17N/c1-3-5-6-13(4-2)14-7-8-16-12-17(18)10-9-15(16)11-14/h3-12H,2,18H2,1H3/b5-3-,13-6+. The number of anilines is 1. The van der Waals surface area contributed by atoms with Crippen molar-refractivity contribution >= 4 is 22.0 Å². The van der Waals surface area contributed by atoms with Crippen molar-refractivity contribution in [2.24, 2.45) is 0 Å². The Morgan fingerprint density at radius 2 is 1.83 bits per heavy atom. The Morgan fingerprint density at radius 1 is 1.11 bits per heavy atom. The normalized spacial score (nSPS) is 12.2. The van der Waals surface area contributed by atoms with Gasteiger partial charge in [-0.2, -0.15) is 0 Å². The van der Waals surface area contributed by atoms with Gasteiger partial charge in [-0.05, 0) is 47.0 Å². The van der Waals surface area contributed by atoms with Crippen molar-refractivity contribution < 1.29 is 0 Å². The molecule has 0 heterocycles. The lowest BCUT2D eigenvalue weighted by atomic mass is 10.0. The monoisotopic (exact) mass is 235 g/mol. The number of hydrogen-bond acceptors (Lipinski definition) is 1. The Morgan fingerprint density at radius 3 is 2.56 bits per heavy atom. The Kier molecular flexibility index (Phi) is 3.63. The molecule has 0 aromatic heterocycles. The van der Waals surface area contributed by atoms with Crippen LogP contribution in [0.25, 0.3) is 16.3 Å². The molecule has 0 spiro atoms. The van der Waals surface area contributed by atoms with Crippen molar-refractivity contribution in [3.8, 4) is 0 Å². The largest absolute Gasteiger partial charge is 0.399 e. The lowest BCUT2D eigenvalue weighted by molar-refractivity contribution is 1.65. The summed E-state index contributed by atoms with van der Waals surface area (Å²) in [6.07, 6.45) is 7.96. The van der Waals surface area contributed by atoms with Gasteiger partial charge in [-0.25, -0.2) is 0 Å². The van der Waals surface area contributed by atoms with Crippen molar-refractivity contribution in [2.45, 2.75) is 6.92 Å². The Labute approximate surface area is 108 Å². The second-order valence-corrected chi connectivity index (χ2v) is 4.17. The first-order valence-electron chi connectivity index (χ1n) is 5.99. The van der Waals surface area contributed by atoms with E-state index >= 15 is 0 Å². The zero-order valence-electron chi connectivity index (χ0n) is 10.6. The summed E-state index contributed by atoms with van der Waals surface area (Å²) in [5.41, 5.74) is 8.86. The number of benzene rings is 2. The van der Waals surface area contributed by atoms with Crippen LogP contribution in [0.5, 0.6) is 0 Å². The average Bonchev–Trinajstić information content (AvgIpc) is 2.39. The summed E-state index contributed by atoms with van der Waals surface area (Å²) in [5.74, 6) is 0. The van der Waals surface area contributed by atoms with Gasteiger partial charge in [0.25, 0.3) is 0 Å². The quantitative estimate of drug-likeness (QED) is 0.612. The van der Waals surface area contributed by atoms with Crippen LogP contribution >= 0.6 is 0 Å². The first-order chi connectivity index (χ1) is 8.74. The molecule has 0 aliphatic carbocycles. The van der Waals surface area contributed by atoms with Gasteiger partial charge < -0.3 is 5.73 Å². The van der Waals surface area contributed by atoms with Crippen LogP contribution in [0.4, 0.5) is 5.69 Å². The minimum atomic E-state index is 0.795. The number of nitrogen functional groups attached to an aromatic ring is 1. The fourth-order valence-corrected chi connectivity index (χ4v) is 1.93. The van der Waals surface area contributed by atoms with E-state index in [1.165, 1.54) is 10.9 Å². The van der Waals surface area contributed by atoms with Gasteiger partial charge >= 0.3 is 0 Å². The van der Waals surface area contributed by atoms with Crippen LogP contribution in [0.1, 0.15) is 12.5 Å². The van der Waals surface area contributed by atoms with E-state index in [4.69, 9.17) is 5.73 Å². The maximum absolute atomic E-state index is 5.78. The lowest BCUT2D eigenvalue weighted by Crippen LogP contribution is -1.85. The Hall–Kier alpha value is -2.28. The second kappa shape index (κ2) is 5.37. The van der Waals surface area contributed by atoms with Crippen LogP contribution in [0, 0.1) is 0 Å². The van der Waals surface area contributed by atoms with E-state index in [9.17, 15) is 0 Å². The van der Waals surface area contributed by atoms with Gasteiger partial charge in [0.1, 0.15) is 0 Å². The molecule has 0 fully saturated rings. The molecule has 18 heavy (non-hydrogen) atoms. The summed E-state index contributed by atoms with van der Waals surface area (Å²) >= 11 is 0. The van der Waals surface area contributed by atoms with E-state index in [1.807, 2.05) is 43.4 Å². The van der Waals surface area contributed by atoms with E-state index in [1.54, 1.807) is 0 Å². The molecular formula is C17H17N. The lowest BCUT2D eigenvalue weighted by Gasteiger charge is -2.05. The van der Waals surface area contributed by atoms with Gasteiger partial charge in [-0.15, -0.1) is 0 Å².